The highest BCUT2D eigenvalue weighted by molar-refractivity contribution is 5.95. The molecule has 0 aliphatic carbocycles. The third kappa shape index (κ3) is 6.25. The zero-order valence-electron chi connectivity index (χ0n) is 14.4. The van der Waals surface area contributed by atoms with Gasteiger partial charge < -0.3 is 20.5 Å². The summed E-state index contributed by atoms with van der Waals surface area (Å²) in [6.45, 7) is 7.32. The molecule has 136 valence electrons. The molecule has 8 heteroatoms. The minimum atomic E-state index is -0.983. The standard InChI is InChI=1S/C17H23N3O5/c1-4-12-11(18)7-8-13(19-12)16(22)20-14(17(23)25-6-3)9-10-15(21)24-5-2/h4,7-8,14H,1,5-6,9-10,18H2,2-3H3,(H,20,22)/t14-/m0/s1. The number of rotatable bonds is 9. The van der Waals surface area contributed by atoms with Gasteiger partial charge in [0.15, 0.2) is 0 Å². The Morgan fingerprint density at radius 1 is 1.28 bits per heavy atom. The van der Waals surface area contributed by atoms with E-state index in [-0.39, 0.29) is 31.7 Å². The van der Waals surface area contributed by atoms with E-state index in [2.05, 4.69) is 16.9 Å². The van der Waals surface area contributed by atoms with Crippen molar-refractivity contribution in [1.82, 2.24) is 10.3 Å². The minimum Gasteiger partial charge on any atom is -0.466 e. The largest absolute Gasteiger partial charge is 0.466 e. The van der Waals surface area contributed by atoms with Crippen LogP contribution in [0, 0.1) is 0 Å². The van der Waals surface area contributed by atoms with Crippen LogP contribution in [0.3, 0.4) is 0 Å². The third-order valence-corrected chi connectivity index (χ3v) is 3.20. The molecule has 1 atom stereocenters. The topological polar surface area (TPSA) is 121 Å². The lowest BCUT2D eigenvalue weighted by Gasteiger charge is -2.17. The first-order valence-corrected chi connectivity index (χ1v) is 7.94. The van der Waals surface area contributed by atoms with Crippen LogP contribution in [0.4, 0.5) is 5.69 Å². The van der Waals surface area contributed by atoms with Crippen LogP contribution in [0.1, 0.15) is 42.9 Å². The predicted molar refractivity (Wildman–Crippen MR) is 92.5 cm³/mol. The van der Waals surface area contributed by atoms with Crippen molar-refractivity contribution < 1.29 is 23.9 Å². The molecule has 25 heavy (non-hydrogen) atoms. The zero-order chi connectivity index (χ0) is 18.8. The second-order valence-electron chi connectivity index (χ2n) is 5.00. The molecule has 1 amide bonds. The summed E-state index contributed by atoms with van der Waals surface area (Å²) in [6.07, 6.45) is 1.47. The Balaban J connectivity index is 2.84. The molecular weight excluding hydrogens is 326 g/mol. The molecule has 0 fully saturated rings. The van der Waals surface area contributed by atoms with Crippen molar-refractivity contribution >= 4 is 29.6 Å². The summed E-state index contributed by atoms with van der Waals surface area (Å²) in [4.78, 5) is 39.9. The number of amides is 1. The van der Waals surface area contributed by atoms with Crippen LogP contribution in [0.2, 0.25) is 0 Å². The molecule has 0 aliphatic heterocycles. The SMILES string of the molecule is C=Cc1nc(C(=O)N[C@@H](CCC(=O)OCC)C(=O)OCC)ccc1N. The second kappa shape index (κ2) is 10.1. The smallest absolute Gasteiger partial charge is 0.328 e. The molecule has 1 aromatic rings. The van der Waals surface area contributed by atoms with E-state index >= 15 is 0 Å². The van der Waals surface area contributed by atoms with E-state index in [1.165, 1.54) is 18.2 Å². The summed E-state index contributed by atoms with van der Waals surface area (Å²) >= 11 is 0. The Labute approximate surface area is 146 Å². The molecule has 0 saturated heterocycles. The quantitative estimate of drug-likeness (QED) is 0.645. The number of pyridine rings is 1. The van der Waals surface area contributed by atoms with Gasteiger partial charge in [-0.15, -0.1) is 0 Å². The molecule has 0 aliphatic rings. The maximum atomic E-state index is 12.3. The van der Waals surface area contributed by atoms with Crippen molar-refractivity contribution in [2.24, 2.45) is 0 Å². The molecule has 0 aromatic carbocycles. The van der Waals surface area contributed by atoms with Crippen molar-refractivity contribution in [2.45, 2.75) is 32.7 Å². The minimum absolute atomic E-state index is 0.0231. The summed E-state index contributed by atoms with van der Waals surface area (Å²) in [5, 5.41) is 2.53. The second-order valence-corrected chi connectivity index (χ2v) is 5.00. The number of aromatic nitrogens is 1. The fourth-order valence-corrected chi connectivity index (χ4v) is 1.99. The van der Waals surface area contributed by atoms with Crippen molar-refractivity contribution in [3.05, 3.63) is 30.1 Å². The lowest BCUT2D eigenvalue weighted by molar-refractivity contribution is -0.146. The van der Waals surface area contributed by atoms with E-state index in [1.807, 2.05) is 0 Å². The molecule has 0 unspecified atom stereocenters. The first-order chi connectivity index (χ1) is 11.9. The Morgan fingerprint density at radius 3 is 2.56 bits per heavy atom. The summed E-state index contributed by atoms with van der Waals surface area (Å²) in [7, 11) is 0. The van der Waals surface area contributed by atoms with Gasteiger partial charge in [-0.3, -0.25) is 9.59 Å². The number of nitrogen functional groups attached to an aromatic ring is 1. The van der Waals surface area contributed by atoms with Crippen LogP contribution >= 0.6 is 0 Å². The number of nitrogens with two attached hydrogens (primary N) is 1. The number of carbonyl (C=O) groups excluding carboxylic acids is 3. The van der Waals surface area contributed by atoms with E-state index in [4.69, 9.17) is 15.2 Å². The molecule has 1 aromatic heterocycles. The van der Waals surface area contributed by atoms with Gasteiger partial charge in [0.1, 0.15) is 11.7 Å². The van der Waals surface area contributed by atoms with E-state index < -0.39 is 23.9 Å². The van der Waals surface area contributed by atoms with E-state index in [0.717, 1.165) is 0 Å². The van der Waals surface area contributed by atoms with Crippen LogP contribution < -0.4 is 11.1 Å². The zero-order valence-corrected chi connectivity index (χ0v) is 14.4. The highest BCUT2D eigenvalue weighted by atomic mass is 16.5. The van der Waals surface area contributed by atoms with Crippen molar-refractivity contribution in [3.8, 4) is 0 Å². The maximum Gasteiger partial charge on any atom is 0.328 e. The number of anilines is 1. The maximum absolute atomic E-state index is 12.3. The van der Waals surface area contributed by atoms with Gasteiger partial charge >= 0.3 is 11.9 Å². The fraction of sp³-hybridized carbons (Fsp3) is 0.412. The number of hydrogen-bond donors (Lipinski definition) is 2. The molecule has 0 radical (unpaired) electrons. The summed E-state index contributed by atoms with van der Waals surface area (Å²) < 4.78 is 9.76. The van der Waals surface area contributed by atoms with Crippen molar-refractivity contribution in [3.63, 3.8) is 0 Å². The lowest BCUT2D eigenvalue weighted by atomic mass is 10.1. The number of nitrogens with zero attached hydrogens (tertiary/aromatic N) is 1. The van der Waals surface area contributed by atoms with Gasteiger partial charge in [-0.1, -0.05) is 6.58 Å². The Kier molecular flexibility index (Phi) is 8.11. The molecule has 0 bridgehead atoms. The fourth-order valence-electron chi connectivity index (χ4n) is 1.99. The predicted octanol–water partition coefficient (Wildman–Crippen LogP) is 1.31. The highest BCUT2D eigenvalue weighted by Gasteiger charge is 2.24. The first-order valence-electron chi connectivity index (χ1n) is 7.94. The summed E-state index contributed by atoms with van der Waals surface area (Å²) in [5.41, 5.74) is 6.54. The molecule has 8 nitrogen and oxygen atoms in total. The Morgan fingerprint density at radius 2 is 1.96 bits per heavy atom. The average molecular weight is 349 g/mol. The number of hydrogen-bond acceptors (Lipinski definition) is 7. The van der Waals surface area contributed by atoms with Crippen LogP contribution in [0.15, 0.2) is 18.7 Å². The van der Waals surface area contributed by atoms with Crippen LogP contribution in [0.25, 0.3) is 6.08 Å². The molecule has 3 N–H and O–H groups in total. The van der Waals surface area contributed by atoms with Gasteiger partial charge in [0.05, 0.1) is 24.6 Å². The van der Waals surface area contributed by atoms with Gasteiger partial charge in [-0.25, -0.2) is 9.78 Å². The van der Waals surface area contributed by atoms with Gasteiger partial charge in [0, 0.05) is 6.42 Å². The lowest BCUT2D eigenvalue weighted by Crippen LogP contribution is -2.42. The van der Waals surface area contributed by atoms with Crippen molar-refractivity contribution in [2.75, 3.05) is 18.9 Å². The molecule has 0 spiro atoms. The Bertz CT molecular complexity index is 645. The third-order valence-electron chi connectivity index (χ3n) is 3.20. The molecular formula is C17H23N3O5. The highest BCUT2D eigenvalue weighted by Crippen LogP contribution is 2.12. The Hall–Kier alpha value is -2.90. The van der Waals surface area contributed by atoms with Crippen molar-refractivity contribution in [1.29, 1.82) is 0 Å². The van der Waals surface area contributed by atoms with E-state index in [0.29, 0.717) is 11.4 Å². The van der Waals surface area contributed by atoms with Gasteiger partial charge in [0.25, 0.3) is 5.91 Å². The summed E-state index contributed by atoms with van der Waals surface area (Å²) in [5.74, 6) is -1.66. The van der Waals surface area contributed by atoms with Crippen LogP contribution in [0.5, 0.6) is 0 Å². The van der Waals surface area contributed by atoms with Crippen LogP contribution in [-0.4, -0.2) is 42.1 Å². The number of esters is 2. The van der Waals surface area contributed by atoms with Gasteiger partial charge in [0.2, 0.25) is 0 Å². The normalized spacial score (nSPS) is 11.3. The number of carbonyl (C=O) groups is 3. The van der Waals surface area contributed by atoms with Gasteiger partial charge in [-0.2, -0.15) is 0 Å². The average Bonchev–Trinajstić information content (AvgIpc) is 2.59. The van der Waals surface area contributed by atoms with Crippen LogP contribution in [-0.2, 0) is 19.1 Å². The van der Waals surface area contributed by atoms with E-state index in [9.17, 15) is 14.4 Å². The first kappa shape index (κ1) is 20.1. The molecule has 1 rings (SSSR count). The monoisotopic (exact) mass is 349 g/mol. The van der Waals surface area contributed by atoms with E-state index in [1.54, 1.807) is 13.8 Å². The molecule has 0 saturated carbocycles. The summed E-state index contributed by atoms with van der Waals surface area (Å²) in [6, 6.07) is 1.98. The van der Waals surface area contributed by atoms with Gasteiger partial charge in [-0.05, 0) is 38.5 Å². The number of nitrogens with one attached hydrogen (secondary N) is 1. The number of ether oxygens (including phenoxy) is 2. The molecule has 1 heterocycles.